The molecule has 0 aliphatic carbocycles. The van der Waals surface area contributed by atoms with Crippen LogP contribution in [0, 0.1) is 11.7 Å². The van der Waals surface area contributed by atoms with Gasteiger partial charge in [-0.3, -0.25) is 13.7 Å². The van der Waals surface area contributed by atoms with Crippen LogP contribution in [0.25, 0.3) is 99.8 Å². The lowest BCUT2D eigenvalue weighted by Crippen LogP contribution is -2.31. The maximum absolute atomic E-state index is 9.63. The monoisotopic (exact) mass is 1060 g/mol. The van der Waals surface area contributed by atoms with Crippen LogP contribution in [0.15, 0.2) is 218 Å². The van der Waals surface area contributed by atoms with Crippen molar-refractivity contribution in [3.63, 3.8) is 0 Å². The number of nitrogens with zero attached hydrogens (tertiary/aromatic N) is 5. The summed E-state index contributed by atoms with van der Waals surface area (Å²) >= 11 is 0. The van der Waals surface area contributed by atoms with E-state index in [1.807, 2.05) is 145 Å². The van der Waals surface area contributed by atoms with Gasteiger partial charge in [0.05, 0.1) is 62.3 Å². The van der Waals surface area contributed by atoms with Gasteiger partial charge in [0.15, 0.2) is 0 Å². The molecule has 0 fully saturated rings. The van der Waals surface area contributed by atoms with Crippen molar-refractivity contribution in [2.45, 2.75) is 86.0 Å². The third-order valence-electron chi connectivity index (χ3n) is 15.4. The molecular formula is C74H67N5O. The van der Waals surface area contributed by atoms with E-state index in [1.54, 1.807) is 18.3 Å². The van der Waals surface area contributed by atoms with Crippen LogP contribution in [0.2, 0.25) is 0 Å². The number of ether oxygens (including phenoxy) is 1. The van der Waals surface area contributed by atoms with Crippen molar-refractivity contribution >= 4 is 54.6 Å². The number of hydrogen-bond acceptors (Lipinski definition) is 2. The van der Waals surface area contributed by atoms with Gasteiger partial charge in [0.1, 0.15) is 17.3 Å². The van der Waals surface area contributed by atoms with Crippen molar-refractivity contribution in [2.75, 3.05) is 0 Å². The Morgan fingerprint density at radius 3 is 1.86 bits per heavy atom. The van der Waals surface area contributed by atoms with Crippen LogP contribution in [-0.4, -0.2) is 18.7 Å². The van der Waals surface area contributed by atoms with Gasteiger partial charge in [0.2, 0.25) is 0 Å². The summed E-state index contributed by atoms with van der Waals surface area (Å²) in [6.45, 7) is 21.0. The molecule has 4 aromatic heterocycles. The number of para-hydroxylation sites is 5. The summed E-state index contributed by atoms with van der Waals surface area (Å²) in [6.07, 6.45) is 5.36. The van der Waals surface area contributed by atoms with Crippen LogP contribution >= 0.6 is 0 Å². The molecular weight excluding hydrogens is 975 g/mol. The smallest absolute Gasteiger partial charge is 0.269 e. The van der Waals surface area contributed by atoms with E-state index in [9.17, 15) is 6.85 Å². The third-order valence-corrected chi connectivity index (χ3v) is 15.4. The molecule has 9 aromatic carbocycles. The fraction of sp³-hybridized carbons (Fsp3) is 0.189. The molecule has 0 aliphatic rings. The van der Waals surface area contributed by atoms with E-state index in [2.05, 4.69) is 66.1 Å². The van der Waals surface area contributed by atoms with E-state index >= 15 is 0 Å². The summed E-state index contributed by atoms with van der Waals surface area (Å²) in [4.78, 5) is 4.92. The minimum atomic E-state index is -1.06. The molecule has 0 bridgehead atoms. The number of benzene rings is 9. The molecule has 0 saturated carbocycles. The van der Waals surface area contributed by atoms with Crippen LogP contribution in [0.3, 0.4) is 0 Å². The highest BCUT2D eigenvalue weighted by Gasteiger charge is 2.27. The van der Waals surface area contributed by atoms with Crippen LogP contribution in [0.5, 0.6) is 11.5 Å². The molecule has 1 unspecified atom stereocenters. The molecule has 6 nitrogen and oxygen atoms in total. The number of rotatable bonds is 9. The first-order valence-electron chi connectivity index (χ1n) is 33.9. The minimum Gasteiger partial charge on any atom is -0.458 e. The molecule has 1 atom stereocenters. The molecule has 80 heavy (non-hydrogen) atoms. The van der Waals surface area contributed by atoms with Gasteiger partial charge in [-0.05, 0) is 134 Å². The second-order valence-corrected chi connectivity index (χ2v) is 23.6. The van der Waals surface area contributed by atoms with Gasteiger partial charge in [0.25, 0.3) is 6.33 Å². The first kappa shape index (κ1) is 37.0. The Bertz CT molecular complexity index is 5250. The van der Waals surface area contributed by atoms with Gasteiger partial charge < -0.3 is 9.30 Å². The highest BCUT2D eigenvalue weighted by molar-refractivity contribution is 6.12. The van der Waals surface area contributed by atoms with Gasteiger partial charge in [-0.1, -0.05) is 202 Å². The summed E-state index contributed by atoms with van der Waals surface area (Å²) in [5.74, 6) is 0.353. The quantitative estimate of drug-likeness (QED) is 0.107. The summed E-state index contributed by atoms with van der Waals surface area (Å²) in [5, 5.41) is 1.34. The Labute approximate surface area is 489 Å². The van der Waals surface area contributed by atoms with Gasteiger partial charge >= 0.3 is 0 Å². The number of imidazole rings is 1. The van der Waals surface area contributed by atoms with Crippen LogP contribution in [0.1, 0.15) is 111 Å². The van der Waals surface area contributed by atoms with E-state index in [0.29, 0.717) is 56.4 Å². The van der Waals surface area contributed by atoms with Crippen LogP contribution in [-0.2, 0) is 10.8 Å². The molecule has 0 aliphatic heterocycles. The lowest BCUT2D eigenvalue weighted by atomic mass is 9.78. The Balaban J connectivity index is 0.995. The Morgan fingerprint density at radius 1 is 0.512 bits per heavy atom. The van der Waals surface area contributed by atoms with Gasteiger partial charge in [0, 0.05) is 40.9 Å². The van der Waals surface area contributed by atoms with E-state index in [-0.39, 0.29) is 50.3 Å². The second kappa shape index (κ2) is 19.1. The SMILES string of the molecule is [2H]c1c([2H])c([2H])c(-c2cccc(-c3cc(C(C)(C)C)cc(C(C)(C)C)c3)c2-[n+]2[c-]n(-c3cccc(Oc4ccc5c6cc(-n7c8c([2H])c([2H])c([2H])c([2H])c8c8c([2H])c([2H])c([2H])c([2H])c87)ccc6n(-c6cc(C([2H])(C)C(C)(C)C)ccn6)c5c4)c3)c3ccccc32)c([2H])c1[2H]. The van der Waals surface area contributed by atoms with Crippen molar-refractivity contribution in [3.8, 4) is 56.6 Å². The molecule has 6 heteroatoms. The third kappa shape index (κ3) is 8.84. The average Bonchev–Trinajstić information content (AvgIpc) is 1.54. The lowest BCUT2D eigenvalue weighted by molar-refractivity contribution is -0.571. The summed E-state index contributed by atoms with van der Waals surface area (Å²) in [7, 11) is 0. The second-order valence-electron chi connectivity index (χ2n) is 23.6. The zero-order chi connectivity index (χ0) is 67.5. The van der Waals surface area contributed by atoms with E-state index < -0.39 is 77.8 Å². The molecule has 0 N–H and O–H groups in total. The first-order chi connectivity index (χ1) is 44.2. The molecule has 13 rings (SSSR count). The molecule has 0 radical (unpaired) electrons. The summed E-state index contributed by atoms with van der Waals surface area (Å²) < 4.78 is 140. The minimum absolute atomic E-state index is 0.000115. The first-order valence-corrected chi connectivity index (χ1v) is 26.9. The molecule has 4 heterocycles. The zero-order valence-electron chi connectivity index (χ0n) is 60.4. The predicted molar refractivity (Wildman–Crippen MR) is 333 cm³/mol. The maximum atomic E-state index is 9.63. The average molecular weight is 1060 g/mol. The number of fused-ring (bicyclic) bond motifs is 7. The molecule has 0 amide bonds. The topological polar surface area (TPSA) is 40.8 Å². The van der Waals surface area contributed by atoms with Gasteiger partial charge in [-0.15, -0.1) is 0 Å². The molecule has 0 saturated heterocycles. The molecule has 0 spiro atoms. The fourth-order valence-corrected chi connectivity index (χ4v) is 10.8. The van der Waals surface area contributed by atoms with Crippen molar-refractivity contribution in [1.29, 1.82) is 0 Å². The largest absolute Gasteiger partial charge is 0.458 e. The van der Waals surface area contributed by atoms with Gasteiger partial charge in [-0.25, -0.2) is 4.98 Å². The zero-order valence-corrected chi connectivity index (χ0v) is 46.4. The normalized spacial score (nSPS) is 15.7. The van der Waals surface area contributed by atoms with E-state index in [1.165, 1.54) is 4.57 Å². The van der Waals surface area contributed by atoms with Crippen molar-refractivity contribution in [2.24, 2.45) is 5.41 Å². The summed E-state index contributed by atoms with van der Waals surface area (Å²) in [6, 6.07) is 36.7. The van der Waals surface area contributed by atoms with Crippen molar-refractivity contribution in [3.05, 3.63) is 241 Å². The predicted octanol–water partition coefficient (Wildman–Crippen LogP) is 19.2. The Kier molecular flexibility index (Phi) is 8.84. The van der Waals surface area contributed by atoms with Gasteiger partial charge in [-0.2, -0.15) is 0 Å². The Morgan fingerprint density at radius 2 is 1.16 bits per heavy atom. The highest BCUT2D eigenvalue weighted by atomic mass is 16.5. The van der Waals surface area contributed by atoms with Crippen LogP contribution < -0.4 is 9.30 Å². The summed E-state index contributed by atoms with van der Waals surface area (Å²) in [5.41, 5.74) is 8.48. The highest BCUT2D eigenvalue weighted by Crippen LogP contribution is 2.42. The standard InChI is InChI=1S/C74H67N5O/c1-48(72(2,3)4)50-38-39-75-70(42-50)79-66-37-34-55(78-64-30-16-14-26-60(64)61-27-15-17-31-65(61)78)45-63(66)62-36-35-57(46-69(62)79)80-56-25-20-24-54(44-56)76-47-77(68-33-19-18-32-67(68)76)71-58(49-22-12-11-13-23-49)28-21-29-59(71)51-40-52(73(5,6)7)43-53(41-51)74(8,9)10/h11-46,48H,1-10H3/i11D,12D,13D,14D,15D,16D,17D,22D,23D,26D,27D,30D,31D,48D. The van der Waals surface area contributed by atoms with Crippen LogP contribution in [0.4, 0.5) is 0 Å². The molecule has 13 aromatic rings. The fourth-order valence-electron chi connectivity index (χ4n) is 10.8. The Hall–Kier alpha value is -9.00. The van der Waals surface area contributed by atoms with E-state index in [0.717, 1.165) is 44.2 Å². The lowest BCUT2D eigenvalue weighted by Gasteiger charge is -2.27. The van der Waals surface area contributed by atoms with Crippen molar-refractivity contribution < 1.29 is 28.5 Å². The van der Waals surface area contributed by atoms with Crippen molar-refractivity contribution in [1.82, 2.24) is 18.7 Å². The number of aromatic nitrogens is 5. The number of hydrogen-bond donors (Lipinski definition) is 0. The molecule has 394 valence electrons. The number of pyridine rings is 1. The maximum Gasteiger partial charge on any atom is 0.269 e. The van der Waals surface area contributed by atoms with E-state index in [4.69, 9.17) is 22.1 Å².